The summed E-state index contributed by atoms with van der Waals surface area (Å²) < 4.78 is 7.23. The number of para-hydroxylation sites is 1. The minimum atomic E-state index is -0.129. The number of fused-ring (bicyclic) bond motifs is 3. The molecule has 0 saturated heterocycles. The van der Waals surface area contributed by atoms with E-state index < -0.39 is 0 Å². The Morgan fingerprint density at radius 2 is 1.83 bits per heavy atom. The number of aryl methyl sites for hydroxylation is 4. The Kier molecular flexibility index (Phi) is 7.16. The lowest BCUT2D eigenvalue weighted by Crippen LogP contribution is -2.23. The Bertz CT molecular complexity index is 1470. The topological polar surface area (TPSA) is 73.2 Å². The van der Waals surface area contributed by atoms with E-state index in [-0.39, 0.29) is 17.2 Å². The van der Waals surface area contributed by atoms with Crippen molar-refractivity contribution in [3.63, 3.8) is 0 Å². The summed E-state index contributed by atoms with van der Waals surface area (Å²) in [6.07, 6.45) is 4.16. The van der Waals surface area contributed by atoms with Crippen LogP contribution in [-0.2, 0) is 17.6 Å². The Balaban J connectivity index is 1.52. The monoisotopic (exact) mass is 519 g/mol. The Labute approximate surface area is 218 Å². The van der Waals surface area contributed by atoms with Gasteiger partial charge in [0.05, 0.1) is 23.4 Å². The second-order valence-electron chi connectivity index (χ2n) is 8.96. The van der Waals surface area contributed by atoms with Gasteiger partial charge in [0.25, 0.3) is 5.56 Å². The molecule has 5 rings (SSSR count). The van der Waals surface area contributed by atoms with Gasteiger partial charge in [-0.05, 0) is 87.4 Å². The van der Waals surface area contributed by atoms with Gasteiger partial charge in [-0.2, -0.15) is 0 Å². The lowest BCUT2D eigenvalue weighted by Gasteiger charge is -2.15. The number of hydrogen-bond donors (Lipinski definition) is 1. The highest BCUT2D eigenvalue weighted by atomic mass is 32.2. The van der Waals surface area contributed by atoms with Crippen molar-refractivity contribution in [2.24, 2.45) is 0 Å². The molecule has 186 valence electrons. The van der Waals surface area contributed by atoms with Crippen LogP contribution in [0.5, 0.6) is 5.75 Å². The van der Waals surface area contributed by atoms with Crippen molar-refractivity contribution in [3.8, 4) is 11.4 Å². The molecule has 0 bridgehead atoms. The number of ether oxygens (including phenoxy) is 1. The van der Waals surface area contributed by atoms with E-state index in [4.69, 9.17) is 9.72 Å². The van der Waals surface area contributed by atoms with Crippen molar-refractivity contribution in [2.75, 3.05) is 17.7 Å². The summed E-state index contributed by atoms with van der Waals surface area (Å²) in [4.78, 5) is 33.8. The molecule has 1 amide bonds. The van der Waals surface area contributed by atoms with Crippen LogP contribution < -0.4 is 15.6 Å². The number of benzene rings is 2. The first-order valence-electron chi connectivity index (χ1n) is 12.3. The van der Waals surface area contributed by atoms with E-state index in [1.165, 1.54) is 16.6 Å². The number of thiophene rings is 1. The predicted octanol–water partition coefficient (Wildman–Crippen LogP) is 6.07. The van der Waals surface area contributed by atoms with E-state index in [1.807, 2.05) is 63.2 Å². The first-order valence-corrected chi connectivity index (χ1v) is 14.1. The van der Waals surface area contributed by atoms with Crippen LogP contribution >= 0.6 is 23.1 Å². The summed E-state index contributed by atoms with van der Waals surface area (Å²) in [6.45, 7) is 6.47. The predicted molar refractivity (Wildman–Crippen MR) is 148 cm³/mol. The van der Waals surface area contributed by atoms with Crippen LogP contribution in [-0.4, -0.2) is 27.8 Å². The van der Waals surface area contributed by atoms with E-state index in [0.29, 0.717) is 17.5 Å². The summed E-state index contributed by atoms with van der Waals surface area (Å²) >= 11 is 2.91. The fourth-order valence-corrected chi connectivity index (χ4v) is 6.80. The molecule has 36 heavy (non-hydrogen) atoms. The van der Waals surface area contributed by atoms with E-state index in [1.54, 1.807) is 15.9 Å². The molecule has 4 aromatic rings. The number of amides is 1. The second kappa shape index (κ2) is 10.5. The number of hydrogen-bond acceptors (Lipinski definition) is 6. The van der Waals surface area contributed by atoms with Gasteiger partial charge in [-0.3, -0.25) is 14.2 Å². The van der Waals surface area contributed by atoms with Gasteiger partial charge in [0, 0.05) is 10.6 Å². The van der Waals surface area contributed by atoms with Crippen LogP contribution in [0.2, 0.25) is 0 Å². The molecule has 2 heterocycles. The molecular weight excluding hydrogens is 490 g/mol. The van der Waals surface area contributed by atoms with Gasteiger partial charge in [-0.25, -0.2) is 4.98 Å². The highest BCUT2D eigenvalue weighted by Crippen LogP contribution is 2.35. The van der Waals surface area contributed by atoms with Crippen molar-refractivity contribution in [2.45, 2.75) is 51.6 Å². The third kappa shape index (κ3) is 4.80. The van der Waals surface area contributed by atoms with Gasteiger partial charge in [0.15, 0.2) is 5.16 Å². The number of nitrogens with zero attached hydrogens (tertiary/aromatic N) is 2. The highest BCUT2D eigenvalue weighted by molar-refractivity contribution is 7.99. The third-order valence-electron chi connectivity index (χ3n) is 6.44. The first kappa shape index (κ1) is 24.6. The van der Waals surface area contributed by atoms with E-state index in [0.717, 1.165) is 64.0 Å². The maximum Gasteiger partial charge on any atom is 0.267 e. The Hall–Kier alpha value is -3.10. The molecule has 2 aromatic carbocycles. The maximum atomic E-state index is 13.9. The molecule has 0 radical (unpaired) electrons. The van der Waals surface area contributed by atoms with Gasteiger partial charge >= 0.3 is 0 Å². The Morgan fingerprint density at radius 3 is 2.56 bits per heavy atom. The molecule has 2 aromatic heterocycles. The van der Waals surface area contributed by atoms with Crippen LogP contribution in [0.4, 0.5) is 5.69 Å². The molecule has 1 aliphatic carbocycles. The van der Waals surface area contributed by atoms with Crippen LogP contribution in [0.3, 0.4) is 0 Å². The summed E-state index contributed by atoms with van der Waals surface area (Å²) in [5.41, 5.74) is 4.67. The molecule has 1 aliphatic rings. The van der Waals surface area contributed by atoms with Gasteiger partial charge in [0.2, 0.25) is 5.91 Å². The number of aromatic nitrogens is 2. The molecule has 0 atom stereocenters. The lowest BCUT2D eigenvalue weighted by atomic mass is 9.97. The smallest absolute Gasteiger partial charge is 0.267 e. The van der Waals surface area contributed by atoms with Crippen LogP contribution in [0.1, 0.15) is 41.3 Å². The third-order valence-corrected chi connectivity index (χ3v) is 8.57. The normalized spacial score (nSPS) is 13.0. The summed E-state index contributed by atoms with van der Waals surface area (Å²) in [5, 5.41) is 4.28. The Morgan fingerprint density at radius 1 is 1.11 bits per heavy atom. The van der Waals surface area contributed by atoms with E-state index >= 15 is 0 Å². The van der Waals surface area contributed by atoms with E-state index in [2.05, 4.69) is 5.32 Å². The van der Waals surface area contributed by atoms with Crippen LogP contribution in [0.15, 0.2) is 52.4 Å². The zero-order chi connectivity index (χ0) is 25.2. The highest BCUT2D eigenvalue weighted by Gasteiger charge is 2.23. The average Bonchev–Trinajstić information content (AvgIpc) is 3.25. The molecule has 0 aliphatic heterocycles. The van der Waals surface area contributed by atoms with E-state index in [9.17, 15) is 9.59 Å². The maximum absolute atomic E-state index is 13.9. The second-order valence-corrected chi connectivity index (χ2v) is 11.0. The standard InChI is InChI=1S/C28H29N3O3S2/c1-4-34-20-14-12-19(13-15-20)31-27(33)24-21-10-5-6-11-22(21)36-26(24)30-28(31)35-16-23(32)29-25-17(2)8-7-9-18(25)3/h7-9,12-15H,4-6,10-11,16H2,1-3H3,(H,29,32). The zero-order valence-electron chi connectivity index (χ0n) is 20.7. The van der Waals surface area contributed by atoms with Crippen molar-refractivity contribution >= 4 is 44.9 Å². The molecule has 0 saturated carbocycles. The number of rotatable bonds is 7. The minimum Gasteiger partial charge on any atom is -0.494 e. The number of nitrogens with one attached hydrogen (secondary N) is 1. The number of anilines is 1. The minimum absolute atomic E-state index is 0.0683. The van der Waals surface area contributed by atoms with Gasteiger partial charge in [0.1, 0.15) is 10.6 Å². The zero-order valence-corrected chi connectivity index (χ0v) is 22.4. The van der Waals surface area contributed by atoms with Crippen molar-refractivity contribution < 1.29 is 9.53 Å². The molecule has 6 nitrogen and oxygen atoms in total. The molecular formula is C28H29N3O3S2. The van der Waals surface area contributed by atoms with Gasteiger partial charge in [-0.1, -0.05) is 30.0 Å². The van der Waals surface area contributed by atoms with Crippen molar-refractivity contribution in [1.82, 2.24) is 9.55 Å². The lowest BCUT2D eigenvalue weighted by molar-refractivity contribution is -0.113. The molecule has 0 unspecified atom stereocenters. The van der Waals surface area contributed by atoms with Gasteiger partial charge < -0.3 is 10.1 Å². The largest absolute Gasteiger partial charge is 0.494 e. The van der Waals surface area contributed by atoms with Crippen LogP contribution in [0.25, 0.3) is 15.9 Å². The van der Waals surface area contributed by atoms with Crippen LogP contribution in [0, 0.1) is 13.8 Å². The molecule has 0 fully saturated rings. The average molecular weight is 520 g/mol. The number of thioether (sulfide) groups is 1. The number of carbonyl (C=O) groups excluding carboxylic acids is 1. The van der Waals surface area contributed by atoms with Crippen molar-refractivity contribution in [1.29, 1.82) is 0 Å². The summed E-state index contributed by atoms with van der Waals surface area (Å²) in [6, 6.07) is 13.4. The summed E-state index contributed by atoms with van der Waals surface area (Å²) in [7, 11) is 0. The molecule has 1 N–H and O–H groups in total. The fraction of sp³-hybridized carbons (Fsp3) is 0.321. The summed E-state index contributed by atoms with van der Waals surface area (Å²) in [5.74, 6) is 0.766. The van der Waals surface area contributed by atoms with Gasteiger partial charge in [-0.15, -0.1) is 11.3 Å². The first-order chi connectivity index (χ1) is 17.5. The molecule has 8 heteroatoms. The fourth-order valence-electron chi connectivity index (χ4n) is 4.69. The SMILES string of the molecule is CCOc1ccc(-n2c(SCC(=O)Nc3c(C)cccc3C)nc3sc4c(c3c2=O)CCCC4)cc1. The van der Waals surface area contributed by atoms with Crippen molar-refractivity contribution in [3.05, 3.63) is 74.4 Å². The molecule has 0 spiro atoms. The quantitative estimate of drug-likeness (QED) is 0.237. The number of carbonyl (C=O) groups is 1.